The van der Waals surface area contributed by atoms with Crippen LogP contribution in [-0.2, 0) is 0 Å². The summed E-state index contributed by atoms with van der Waals surface area (Å²) < 4.78 is 5.34. The molecule has 0 bridgehead atoms. The number of phenolic OH excluding ortho intramolecular Hbond substituents is 1. The Kier molecular flexibility index (Phi) is 6.61. The zero-order valence-electron chi connectivity index (χ0n) is 14.3. The van der Waals surface area contributed by atoms with Gasteiger partial charge in [0, 0.05) is 5.69 Å². The summed E-state index contributed by atoms with van der Waals surface area (Å²) in [6.07, 6.45) is 1.55. The van der Waals surface area contributed by atoms with E-state index < -0.39 is 0 Å². The molecule has 0 saturated carbocycles. The van der Waals surface area contributed by atoms with Gasteiger partial charge >= 0.3 is 0 Å². The molecule has 0 aliphatic rings. The third-order valence-corrected chi connectivity index (χ3v) is 3.93. The number of ether oxygens (including phenoxy) is 1. The summed E-state index contributed by atoms with van der Waals surface area (Å²) in [5, 5.41) is 17.6. The van der Waals surface area contributed by atoms with Gasteiger partial charge in [-0.2, -0.15) is 5.10 Å². The maximum atomic E-state index is 9.83. The number of aryl methyl sites for hydroxylation is 2. The van der Waals surface area contributed by atoms with Crippen LogP contribution in [0.1, 0.15) is 23.6 Å². The van der Waals surface area contributed by atoms with Crippen LogP contribution in [-0.4, -0.2) is 23.0 Å². The SMILES string of the molecule is CCOc1cc(/C=N/NC(=S)Nc2c(C)cccc2C)cc(Cl)c1O. The molecule has 0 atom stereocenters. The number of halogens is 1. The van der Waals surface area contributed by atoms with Crippen LogP contribution in [0, 0.1) is 13.8 Å². The Bertz CT molecular complexity index is 789. The summed E-state index contributed by atoms with van der Waals surface area (Å²) in [5.74, 6) is 0.230. The molecule has 5 nitrogen and oxygen atoms in total. The van der Waals surface area contributed by atoms with Crippen molar-refractivity contribution in [1.29, 1.82) is 0 Å². The fourth-order valence-electron chi connectivity index (χ4n) is 2.25. The van der Waals surface area contributed by atoms with Crippen LogP contribution >= 0.6 is 23.8 Å². The highest BCUT2D eigenvalue weighted by atomic mass is 35.5. The van der Waals surface area contributed by atoms with Gasteiger partial charge in [0.05, 0.1) is 17.8 Å². The molecule has 2 aromatic rings. The van der Waals surface area contributed by atoms with Crippen molar-refractivity contribution in [2.75, 3.05) is 11.9 Å². The Morgan fingerprint density at radius 1 is 1.32 bits per heavy atom. The molecule has 25 heavy (non-hydrogen) atoms. The van der Waals surface area contributed by atoms with Gasteiger partial charge in [0.2, 0.25) is 0 Å². The molecule has 0 heterocycles. The molecule has 2 rings (SSSR count). The summed E-state index contributed by atoms with van der Waals surface area (Å²) in [5.41, 5.74) is 6.59. The Hall–Kier alpha value is -2.31. The fraction of sp³-hybridized carbons (Fsp3) is 0.222. The molecule has 0 aliphatic heterocycles. The van der Waals surface area contributed by atoms with E-state index in [0.717, 1.165) is 16.8 Å². The van der Waals surface area contributed by atoms with Gasteiger partial charge in [0.1, 0.15) is 0 Å². The molecule has 132 valence electrons. The van der Waals surface area contributed by atoms with Gasteiger partial charge in [-0.3, -0.25) is 5.43 Å². The third kappa shape index (κ3) is 5.08. The molecule has 0 aromatic heterocycles. The van der Waals surface area contributed by atoms with Gasteiger partial charge in [-0.15, -0.1) is 0 Å². The minimum absolute atomic E-state index is 0.0826. The summed E-state index contributed by atoms with van der Waals surface area (Å²) in [4.78, 5) is 0. The number of phenols is 1. The number of rotatable bonds is 5. The first-order valence-corrected chi connectivity index (χ1v) is 8.52. The minimum Gasteiger partial charge on any atom is -0.503 e. The van der Waals surface area contributed by atoms with Crippen molar-refractivity contribution in [2.45, 2.75) is 20.8 Å². The van der Waals surface area contributed by atoms with Crippen molar-refractivity contribution in [3.63, 3.8) is 0 Å². The van der Waals surface area contributed by atoms with Gasteiger partial charge in [0.15, 0.2) is 16.6 Å². The highest BCUT2D eigenvalue weighted by Gasteiger charge is 2.08. The fourth-order valence-corrected chi connectivity index (χ4v) is 2.63. The largest absolute Gasteiger partial charge is 0.503 e. The predicted molar refractivity (Wildman–Crippen MR) is 107 cm³/mol. The van der Waals surface area contributed by atoms with Crippen molar-refractivity contribution >= 4 is 40.8 Å². The van der Waals surface area contributed by atoms with Crippen molar-refractivity contribution in [2.24, 2.45) is 5.10 Å². The zero-order chi connectivity index (χ0) is 18.4. The average Bonchev–Trinajstić information content (AvgIpc) is 2.56. The van der Waals surface area contributed by atoms with Crippen LogP contribution in [0.4, 0.5) is 5.69 Å². The normalized spacial score (nSPS) is 10.7. The lowest BCUT2D eigenvalue weighted by Gasteiger charge is -2.12. The molecule has 0 fully saturated rings. The highest BCUT2D eigenvalue weighted by Crippen LogP contribution is 2.34. The molecule has 2 aromatic carbocycles. The topological polar surface area (TPSA) is 65.9 Å². The number of hydrogen-bond donors (Lipinski definition) is 3. The van der Waals surface area contributed by atoms with Gasteiger partial charge in [-0.05, 0) is 61.8 Å². The number of aromatic hydroxyl groups is 1. The molecular formula is C18H20ClN3O2S. The maximum absolute atomic E-state index is 9.83. The van der Waals surface area contributed by atoms with Crippen LogP contribution in [0.2, 0.25) is 5.02 Å². The van der Waals surface area contributed by atoms with Gasteiger partial charge < -0.3 is 15.2 Å². The Morgan fingerprint density at radius 3 is 2.64 bits per heavy atom. The van der Waals surface area contributed by atoms with Crippen molar-refractivity contribution in [1.82, 2.24) is 5.43 Å². The van der Waals surface area contributed by atoms with E-state index in [9.17, 15) is 5.11 Å². The number of thiocarbonyl (C=S) groups is 1. The van der Waals surface area contributed by atoms with Gasteiger partial charge in [0.25, 0.3) is 0 Å². The van der Waals surface area contributed by atoms with Crippen LogP contribution < -0.4 is 15.5 Å². The lowest BCUT2D eigenvalue weighted by atomic mass is 10.1. The Balaban J connectivity index is 2.04. The van der Waals surface area contributed by atoms with E-state index in [2.05, 4.69) is 15.8 Å². The summed E-state index contributed by atoms with van der Waals surface area (Å²) in [7, 11) is 0. The second kappa shape index (κ2) is 8.69. The second-order valence-electron chi connectivity index (χ2n) is 5.37. The van der Waals surface area contributed by atoms with E-state index in [4.69, 9.17) is 28.6 Å². The smallest absolute Gasteiger partial charge is 0.191 e. The molecular weight excluding hydrogens is 358 g/mol. The Labute approximate surface area is 157 Å². The number of hydrazone groups is 1. The lowest BCUT2D eigenvalue weighted by Crippen LogP contribution is -2.24. The standard InChI is InChI=1S/C18H20ClN3O2S/c1-4-24-15-9-13(8-14(19)17(15)23)10-20-22-18(25)21-16-11(2)6-5-7-12(16)3/h5-10,23H,4H2,1-3H3,(H2,21,22,25)/b20-10+. The van der Waals surface area contributed by atoms with E-state index in [-0.39, 0.29) is 10.8 Å². The molecule has 0 radical (unpaired) electrons. The molecule has 0 unspecified atom stereocenters. The van der Waals surface area contributed by atoms with Crippen LogP contribution in [0.15, 0.2) is 35.4 Å². The van der Waals surface area contributed by atoms with Crippen LogP contribution in [0.3, 0.4) is 0 Å². The number of para-hydroxylation sites is 1. The molecule has 0 spiro atoms. The van der Waals surface area contributed by atoms with Crippen molar-refractivity contribution in [3.05, 3.63) is 52.0 Å². The monoisotopic (exact) mass is 377 g/mol. The van der Waals surface area contributed by atoms with Gasteiger partial charge in [-0.25, -0.2) is 0 Å². The first-order chi connectivity index (χ1) is 11.9. The third-order valence-electron chi connectivity index (χ3n) is 3.45. The molecule has 3 N–H and O–H groups in total. The number of nitrogens with zero attached hydrogens (tertiary/aromatic N) is 1. The number of nitrogens with one attached hydrogen (secondary N) is 2. The summed E-state index contributed by atoms with van der Waals surface area (Å²) >= 11 is 11.2. The first-order valence-electron chi connectivity index (χ1n) is 7.74. The number of benzene rings is 2. The molecule has 0 saturated heterocycles. The zero-order valence-corrected chi connectivity index (χ0v) is 15.8. The van der Waals surface area contributed by atoms with E-state index in [1.54, 1.807) is 18.3 Å². The highest BCUT2D eigenvalue weighted by molar-refractivity contribution is 7.80. The Morgan fingerprint density at radius 2 is 2.00 bits per heavy atom. The quantitative estimate of drug-likeness (QED) is 0.410. The van der Waals surface area contributed by atoms with Crippen molar-refractivity contribution in [3.8, 4) is 11.5 Å². The maximum Gasteiger partial charge on any atom is 0.191 e. The minimum atomic E-state index is -0.0826. The molecule has 0 aliphatic carbocycles. The number of hydrogen-bond acceptors (Lipinski definition) is 4. The van der Waals surface area contributed by atoms with E-state index in [1.807, 2.05) is 39.0 Å². The van der Waals surface area contributed by atoms with Gasteiger partial charge in [-0.1, -0.05) is 29.8 Å². The van der Waals surface area contributed by atoms with E-state index in [1.165, 1.54) is 0 Å². The van der Waals surface area contributed by atoms with Crippen LogP contribution in [0.5, 0.6) is 11.5 Å². The molecule has 0 amide bonds. The summed E-state index contributed by atoms with van der Waals surface area (Å²) in [6, 6.07) is 9.25. The van der Waals surface area contributed by atoms with E-state index >= 15 is 0 Å². The average molecular weight is 378 g/mol. The predicted octanol–water partition coefficient (Wildman–Crippen LogP) is 4.38. The van der Waals surface area contributed by atoms with Crippen LogP contribution in [0.25, 0.3) is 0 Å². The van der Waals surface area contributed by atoms with Crippen molar-refractivity contribution < 1.29 is 9.84 Å². The van der Waals surface area contributed by atoms with E-state index in [0.29, 0.717) is 23.0 Å². The lowest BCUT2D eigenvalue weighted by molar-refractivity contribution is 0.318. The molecule has 7 heteroatoms. The second-order valence-corrected chi connectivity index (χ2v) is 6.19. The first kappa shape index (κ1) is 19.0. The summed E-state index contributed by atoms with van der Waals surface area (Å²) in [6.45, 7) is 6.27. The number of anilines is 1.